The Morgan fingerprint density at radius 1 is 1.29 bits per heavy atom. The lowest BCUT2D eigenvalue weighted by atomic mass is 10.2. The third-order valence-corrected chi connectivity index (χ3v) is 3.22. The van der Waals surface area contributed by atoms with E-state index >= 15 is 0 Å². The Morgan fingerprint density at radius 2 is 2.00 bits per heavy atom. The molecule has 0 spiro atoms. The van der Waals surface area contributed by atoms with E-state index in [1.165, 1.54) is 0 Å². The molecule has 112 valence electrons. The van der Waals surface area contributed by atoms with Gasteiger partial charge in [-0.3, -0.25) is 4.79 Å². The van der Waals surface area contributed by atoms with Crippen LogP contribution < -0.4 is 5.32 Å². The second-order valence-corrected chi connectivity index (χ2v) is 5.23. The van der Waals surface area contributed by atoms with Crippen LogP contribution in [0.3, 0.4) is 0 Å². The van der Waals surface area contributed by atoms with Crippen molar-refractivity contribution in [3.63, 3.8) is 0 Å². The molecule has 0 bridgehead atoms. The van der Waals surface area contributed by atoms with Gasteiger partial charge < -0.3 is 10.2 Å². The summed E-state index contributed by atoms with van der Waals surface area (Å²) >= 11 is 0. The Bertz CT molecular complexity index is 591. The van der Waals surface area contributed by atoms with Gasteiger partial charge in [0.1, 0.15) is 0 Å². The van der Waals surface area contributed by atoms with Gasteiger partial charge in [0.25, 0.3) is 5.91 Å². The summed E-state index contributed by atoms with van der Waals surface area (Å²) in [7, 11) is 3.93. The number of nitrogens with one attached hydrogen (secondary N) is 1. The molecule has 0 radical (unpaired) electrons. The molecule has 0 atom stereocenters. The fourth-order valence-corrected chi connectivity index (χ4v) is 1.95. The number of nitrogens with zero attached hydrogens (tertiary/aromatic N) is 4. The summed E-state index contributed by atoms with van der Waals surface area (Å²) in [4.78, 5) is 14.1. The second kappa shape index (κ2) is 6.99. The first-order valence-electron chi connectivity index (χ1n) is 6.95. The van der Waals surface area contributed by atoms with E-state index in [0.29, 0.717) is 18.8 Å². The average Bonchev–Trinajstić information content (AvgIpc) is 2.81. The third-order valence-electron chi connectivity index (χ3n) is 3.22. The van der Waals surface area contributed by atoms with Gasteiger partial charge in [0, 0.05) is 13.1 Å². The molecular formula is C15H21N5O. The zero-order valence-corrected chi connectivity index (χ0v) is 12.7. The summed E-state index contributed by atoms with van der Waals surface area (Å²) in [5, 5.41) is 10.9. The molecule has 1 aromatic heterocycles. The summed E-state index contributed by atoms with van der Waals surface area (Å²) in [6.07, 6.45) is 0. The summed E-state index contributed by atoms with van der Waals surface area (Å²) in [6, 6.07) is 9.99. The van der Waals surface area contributed by atoms with E-state index in [-0.39, 0.29) is 5.91 Å². The number of aromatic nitrogens is 3. The fourth-order valence-electron chi connectivity index (χ4n) is 1.95. The number of carbonyl (C=O) groups is 1. The quantitative estimate of drug-likeness (QED) is 0.858. The zero-order valence-electron chi connectivity index (χ0n) is 12.7. The molecular weight excluding hydrogens is 266 g/mol. The molecule has 0 unspecified atom stereocenters. The molecule has 0 aliphatic rings. The molecule has 21 heavy (non-hydrogen) atoms. The highest BCUT2D eigenvalue weighted by Crippen LogP contribution is 2.07. The van der Waals surface area contributed by atoms with Crippen molar-refractivity contribution in [1.29, 1.82) is 0 Å². The van der Waals surface area contributed by atoms with Gasteiger partial charge in [0.2, 0.25) is 0 Å². The van der Waals surface area contributed by atoms with Crippen LogP contribution in [0.15, 0.2) is 30.3 Å². The first-order chi connectivity index (χ1) is 10.1. The molecule has 0 saturated heterocycles. The molecule has 2 rings (SSSR count). The Balaban J connectivity index is 2.01. The summed E-state index contributed by atoms with van der Waals surface area (Å²) in [5.74, 6) is -0.173. The molecule has 1 amide bonds. The minimum atomic E-state index is -0.173. The smallest absolute Gasteiger partial charge is 0.273 e. The SMILES string of the molecule is Cc1c(C(=O)NCCN(C)C)nnn1Cc1ccccc1. The monoisotopic (exact) mass is 287 g/mol. The minimum absolute atomic E-state index is 0.173. The van der Waals surface area contributed by atoms with Crippen molar-refractivity contribution >= 4 is 5.91 Å². The van der Waals surface area contributed by atoms with E-state index in [0.717, 1.165) is 17.8 Å². The Labute approximate surface area is 124 Å². The first kappa shape index (κ1) is 15.2. The molecule has 6 nitrogen and oxygen atoms in total. The molecule has 2 aromatic rings. The van der Waals surface area contributed by atoms with E-state index < -0.39 is 0 Å². The lowest BCUT2D eigenvalue weighted by molar-refractivity contribution is 0.0945. The van der Waals surface area contributed by atoms with Gasteiger partial charge in [0.15, 0.2) is 5.69 Å². The topological polar surface area (TPSA) is 63.1 Å². The number of carbonyl (C=O) groups excluding carboxylic acids is 1. The molecule has 1 N–H and O–H groups in total. The van der Waals surface area contributed by atoms with Gasteiger partial charge in [-0.1, -0.05) is 35.5 Å². The molecule has 1 aromatic carbocycles. The van der Waals surface area contributed by atoms with Crippen molar-refractivity contribution in [3.05, 3.63) is 47.3 Å². The Hall–Kier alpha value is -2.21. The summed E-state index contributed by atoms with van der Waals surface area (Å²) < 4.78 is 1.75. The number of benzene rings is 1. The minimum Gasteiger partial charge on any atom is -0.349 e. The van der Waals surface area contributed by atoms with Crippen LogP contribution in [0.2, 0.25) is 0 Å². The zero-order chi connectivity index (χ0) is 15.2. The van der Waals surface area contributed by atoms with Crippen LogP contribution in [0.1, 0.15) is 21.7 Å². The highest BCUT2D eigenvalue weighted by atomic mass is 16.2. The van der Waals surface area contributed by atoms with Crippen LogP contribution in [0.4, 0.5) is 0 Å². The fraction of sp³-hybridized carbons (Fsp3) is 0.400. The number of likely N-dealkylation sites (N-methyl/N-ethyl adjacent to an activating group) is 1. The average molecular weight is 287 g/mol. The van der Waals surface area contributed by atoms with Crippen molar-refractivity contribution in [2.75, 3.05) is 27.2 Å². The first-order valence-corrected chi connectivity index (χ1v) is 6.95. The molecule has 0 aliphatic heterocycles. The lowest BCUT2D eigenvalue weighted by Gasteiger charge is -2.09. The molecule has 0 aliphatic carbocycles. The van der Waals surface area contributed by atoms with Gasteiger partial charge >= 0.3 is 0 Å². The van der Waals surface area contributed by atoms with Crippen molar-refractivity contribution in [2.24, 2.45) is 0 Å². The van der Waals surface area contributed by atoms with Gasteiger partial charge in [-0.05, 0) is 26.6 Å². The summed E-state index contributed by atoms with van der Waals surface area (Å²) in [5.41, 5.74) is 2.30. The maximum absolute atomic E-state index is 12.1. The Morgan fingerprint density at radius 3 is 2.67 bits per heavy atom. The van der Waals surface area contributed by atoms with Crippen LogP contribution in [-0.4, -0.2) is 53.0 Å². The number of amides is 1. The van der Waals surface area contributed by atoms with Crippen LogP contribution in [0.25, 0.3) is 0 Å². The number of hydrogen-bond acceptors (Lipinski definition) is 4. The summed E-state index contributed by atoms with van der Waals surface area (Å²) in [6.45, 7) is 3.87. The van der Waals surface area contributed by atoms with E-state index in [2.05, 4.69) is 15.6 Å². The molecule has 6 heteroatoms. The van der Waals surface area contributed by atoms with Crippen molar-refractivity contribution in [3.8, 4) is 0 Å². The van der Waals surface area contributed by atoms with Crippen molar-refractivity contribution in [2.45, 2.75) is 13.5 Å². The molecule has 0 fully saturated rings. The maximum Gasteiger partial charge on any atom is 0.273 e. The molecule has 1 heterocycles. The van der Waals surface area contributed by atoms with Crippen LogP contribution in [0, 0.1) is 6.92 Å². The second-order valence-electron chi connectivity index (χ2n) is 5.23. The van der Waals surface area contributed by atoms with Crippen molar-refractivity contribution < 1.29 is 4.79 Å². The predicted molar refractivity (Wildman–Crippen MR) is 81.2 cm³/mol. The van der Waals surface area contributed by atoms with Crippen molar-refractivity contribution in [1.82, 2.24) is 25.2 Å². The normalized spacial score (nSPS) is 10.9. The molecule has 0 saturated carbocycles. The number of hydrogen-bond donors (Lipinski definition) is 1. The van der Waals surface area contributed by atoms with Gasteiger partial charge in [0.05, 0.1) is 12.2 Å². The van der Waals surface area contributed by atoms with E-state index in [1.807, 2.05) is 56.3 Å². The number of rotatable bonds is 6. The predicted octanol–water partition coefficient (Wildman–Crippen LogP) is 0.926. The maximum atomic E-state index is 12.1. The van der Waals surface area contributed by atoms with Crippen LogP contribution >= 0.6 is 0 Å². The van der Waals surface area contributed by atoms with Gasteiger partial charge in [-0.15, -0.1) is 5.10 Å². The largest absolute Gasteiger partial charge is 0.349 e. The van der Waals surface area contributed by atoms with E-state index in [4.69, 9.17) is 0 Å². The standard InChI is InChI=1S/C15H21N5O/c1-12-14(15(21)16-9-10-19(2)3)17-18-20(12)11-13-7-5-4-6-8-13/h4-8H,9-11H2,1-3H3,(H,16,21). The van der Waals surface area contributed by atoms with Crippen LogP contribution in [-0.2, 0) is 6.54 Å². The van der Waals surface area contributed by atoms with E-state index in [9.17, 15) is 4.79 Å². The third kappa shape index (κ3) is 4.13. The lowest BCUT2D eigenvalue weighted by Crippen LogP contribution is -2.32. The van der Waals surface area contributed by atoms with Crippen LogP contribution in [0.5, 0.6) is 0 Å². The Kier molecular flexibility index (Phi) is 5.05. The van der Waals surface area contributed by atoms with Gasteiger partial charge in [-0.2, -0.15) is 0 Å². The highest BCUT2D eigenvalue weighted by molar-refractivity contribution is 5.93. The van der Waals surface area contributed by atoms with Gasteiger partial charge in [-0.25, -0.2) is 4.68 Å². The van der Waals surface area contributed by atoms with E-state index in [1.54, 1.807) is 4.68 Å². The highest BCUT2D eigenvalue weighted by Gasteiger charge is 2.16.